The average Bonchev–Trinajstić information content (AvgIpc) is 2.41. The van der Waals surface area contributed by atoms with E-state index in [0.29, 0.717) is 5.03 Å². The topological polar surface area (TPSA) is 81.2 Å². The number of aromatic nitrogens is 2. The number of nitrogens with one attached hydrogen (secondary N) is 1. The van der Waals surface area contributed by atoms with Gasteiger partial charge >= 0.3 is 0 Å². The van der Waals surface area contributed by atoms with Crippen molar-refractivity contribution in [3.8, 4) is 5.88 Å². The number of thiocarbonyl (C=S) groups is 1. The Morgan fingerprint density at radius 3 is 2.81 bits per heavy atom. The fraction of sp³-hybridized carbons (Fsp3) is 0.182. The predicted octanol–water partition coefficient (Wildman–Crippen LogP) is 2.66. The van der Waals surface area contributed by atoms with Crippen LogP contribution in [-0.2, 0) is 10.0 Å². The number of sulfonamides is 1. The lowest BCUT2D eigenvalue weighted by Crippen LogP contribution is -2.22. The van der Waals surface area contributed by atoms with E-state index in [-0.39, 0.29) is 33.0 Å². The van der Waals surface area contributed by atoms with Crippen LogP contribution in [0.5, 0.6) is 5.88 Å². The summed E-state index contributed by atoms with van der Waals surface area (Å²) in [4.78, 5) is 7.83. The fourth-order valence-electron chi connectivity index (χ4n) is 1.54. The molecule has 0 unspecified atom stereocenters. The number of hydrogen-bond donors (Lipinski definition) is 1. The summed E-state index contributed by atoms with van der Waals surface area (Å²) in [6.07, 6.45) is 4.42. The molecule has 2 rings (SSSR count). The fourth-order valence-corrected chi connectivity index (χ4v) is 3.56. The lowest BCUT2D eigenvalue weighted by Gasteiger charge is -2.15. The second kappa shape index (κ2) is 6.27. The third-order valence-electron chi connectivity index (χ3n) is 2.45. The first-order valence-electron chi connectivity index (χ1n) is 5.53. The smallest absolute Gasteiger partial charge is 0.264 e. The summed E-state index contributed by atoms with van der Waals surface area (Å²) in [6.45, 7) is 0. The largest absolute Gasteiger partial charge is 0.478 e. The monoisotopic (exact) mass is 365 g/mol. The minimum atomic E-state index is -3.96. The van der Waals surface area contributed by atoms with Gasteiger partial charge in [-0.25, -0.2) is 18.4 Å². The van der Waals surface area contributed by atoms with E-state index in [0.717, 1.165) is 0 Å². The van der Waals surface area contributed by atoms with Crippen molar-refractivity contribution in [1.82, 2.24) is 9.97 Å². The maximum atomic E-state index is 12.4. The number of allylic oxidation sites excluding steroid dienone is 4. The van der Waals surface area contributed by atoms with Gasteiger partial charge in [-0.05, 0) is 6.08 Å². The Labute approximate surface area is 136 Å². The van der Waals surface area contributed by atoms with E-state index in [4.69, 9.17) is 40.2 Å². The molecule has 0 aliphatic heterocycles. The molecule has 112 valence electrons. The molecule has 1 aliphatic carbocycles. The van der Waals surface area contributed by atoms with Crippen LogP contribution in [0.3, 0.4) is 0 Å². The van der Waals surface area contributed by atoms with Crippen molar-refractivity contribution in [2.24, 2.45) is 0 Å². The molecule has 1 aromatic rings. The Morgan fingerprint density at radius 2 is 2.14 bits per heavy atom. The maximum absolute atomic E-state index is 12.4. The molecule has 6 nitrogen and oxygen atoms in total. The molecule has 0 bridgehead atoms. The van der Waals surface area contributed by atoms with E-state index < -0.39 is 10.0 Å². The highest BCUT2D eigenvalue weighted by atomic mass is 35.5. The third kappa shape index (κ3) is 3.70. The van der Waals surface area contributed by atoms with Crippen molar-refractivity contribution in [2.75, 3.05) is 11.8 Å². The van der Waals surface area contributed by atoms with Crippen molar-refractivity contribution in [1.29, 1.82) is 0 Å². The highest BCUT2D eigenvalue weighted by Crippen LogP contribution is 2.27. The lowest BCUT2D eigenvalue weighted by molar-refractivity contribution is 0.398. The molecule has 0 saturated carbocycles. The number of nitrogens with zero attached hydrogens (tertiary/aromatic N) is 2. The van der Waals surface area contributed by atoms with Gasteiger partial charge in [0.15, 0.2) is 0 Å². The quantitative estimate of drug-likeness (QED) is 0.826. The normalized spacial score (nSPS) is 15.3. The van der Waals surface area contributed by atoms with Crippen molar-refractivity contribution < 1.29 is 13.2 Å². The number of halogens is 2. The third-order valence-corrected chi connectivity index (χ3v) is 4.82. The van der Waals surface area contributed by atoms with Gasteiger partial charge in [0.25, 0.3) is 15.9 Å². The number of hydrogen-bond acceptors (Lipinski definition) is 6. The van der Waals surface area contributed by atoms with Gasteiger partial charge in [-0.2, -0.15) is 0 Å². The first kappa shape index (κ1) is 16.2. The molecule has 0 spiro atoms. The Morgan fingerprint density at radius 1 is 1.43 bits per heavy atom. The Bertz CT molecular complexity index is 760. The average molecular weight is 366 g/mol. The predicted molar refractivity (Wildman–Crippen MR) is 85.4 cm³/mol. The van der Waals surface area contributed by atoms with Gasteiger partial charge in [0.05, 0.1) is 13.3 Å². The van der Waals surface area contributed by atoms with Crippen molar-refractivity contribution >= 4 is 56.1 Å². The molecule has 0 amide bonds. The first-order valence-corrected chi connectivity index (χ1v) is 8.18. The zero-order valence-corrected chi connectivity index (χ0v) is 13.8. The number of ether oxygens (including phenoxy) is 1. The number of rotatable bonds is 4. The first-order chi connectivity index (χ1) is 9.83. The summed E-state index contributed by atoms with van der Waals surface area (Å²) in [5, 5.41) is 0.319. The summed E-state index contributed by atoms with van der Waals surface area (Å²) in [6, 6.07) is 0. The molecular formula is C11H9Cl2N3O3S2. The van der Waals surface area contributed by atoms with Crippen LogP contribution in [0.15, 0.2) is 28.3 Å². The van der Waals surface area contributed by atoms with Gasteiger partial charge in [0.1, 0.15) is 10.1 Å². The zero-order chi connectivity index (χ0) is 15.6. The lowest BCUT2D eigenvalue weighted by atomic mass is 10.2. The molecule has 21 heavy (non-hydrogen) atoms. The summed E-state index contributed by atoms with van der Waals surface area (Å²) < 4.78 is 31.9. The van der Waals surface area contributed by atoms with Gasteiger partial charge in [-0.3, -0.25) is 4.72 Å². The van der Waals surface area contributed by atoms with E-state index in [2.05, 4.69) is 14.7 Å². The second-order valence-electron chi connectivity index (χ2n) is 3.88. The van der Waals surface area contributed by atoms with Crippen LogP contribution in [-0.4, -0.2) is 30.4 Å². The molecule has 10 heteroatoms. The minimum absolute atomic E-state index is 0.00746. The Balaban J connectivity index is 2.41. The SMILES string of the molecule is COc1ncc(Cl)nc1NS(=O)(=O)C1=CC(Cl)=CCC1=S. The van der Waals surface area contributed by atoms with Gasteiger partial charge in [0, 0.05) is 16.3 Å². The highest BCUT2D eigenvalue weighted by Gasteiger charge is 2.26. The van der Waals surface area contributed by atoms with Gasteiger partial charge in [-0.1, -0.05) is 41.5 Å². The van der Waals surface area contributed by atoms with E-state index in [1.54, 1.807) is 6.08 Å². The van der Waals surface area contributed by atoms with Gasteiger partial charge < -0.3 is 4.74 Å². The van der Waals surface area contributed by atoms with Crippen LogP contribution in [0, 0.1) is 0 Å². The van der Waals surface area contributed by atoms with E-state index in [1.165, 1.54) is 19.4 Å². The zero-order valence-electron chi connectivity index (χ0n) is 10.6. The van der Waals surface area contributed by atoms with E-state index >= 15 is 0 Å². The van der Waals surface area contributed by atoms with Crippen LogP contribution in [0.2, 0.25) is 5.15 Å². The molecule has 1 aliphatic rings. The molecule has 1 heterocycles. The van der Waals surface area contributed by atoms with Crippen LogP contribution in [0.25, 0.3) is 0 Å². The van der Waals surface area contributed by atoms with Crippen LogP contribution >= 0.6 is 35.4 Å². The van der Waals surface area contributed by atoms with Crippen LogP contribution in [0.4, 0.5) is 5.82 Å². The maximum Gasteiger partial charge on any atom is 0.264 e. The standard InChI is InChI=1S/C11H9Cl2N3O3S2/c1-19-11-10(15-9(13)5-14-11)16-21(17,18)8-4-6(12)2-3-7(8)20/h2,4-5H,3H2,1H3,(H,15,16). The molecule has 0 aromatic carbocycles. The summed E-state index contributed by atoms with van der Waals surface area (Å²) >= 11 is 16.6. The van der Waals surface area contributed by atoms with Gasteiger partial charge in [-0.15, -0.1) is 0 Å². The highest BCUT2D eigenvalue weighted by molar-refractivity contribution is 7.99. The molecule has 1 aromatic heterocycles. The Kier molecular flexibility index (Phi) is 4.82. The number of methoxy groups -OCH3 is 1. The summed E-state index contributed by atoms with van der Waals surface area (Å²) in [7, 11) is -2.63. The Hall–Kier alpha value is -1.22. The van der Waals surface area contributed by atoms with Crippen LogP contribution in [0.1, 0.15) is 6.42 Å². The van der Waals surface area contributed by atoms with Crippen molar-refractivity contribution in [3.05, 3.63) is 33.4 Å². The minimum Gasteiger partial charge on any atom is -0.478 e. The molecule has 1 N–H and O–H groups in total. The molecule has 0 fully saturated rings. The van der Waals surface area contributed by atoms with Crippen molar-refractivity contribution in [3.63, 3.8) is 0 Å². The van der Waals surface area contributed by atoms with Gasteiger partial charge in [0.2, 0.25) is 5.82 Å². The second-order valence-corrected chi connectivity index (χ2v) is 6.85. The molecule has 0 saturated heterocycles. The summed E-state index contributed by atoms with van der Waals surface area (Å²) in [5.74, 6) is -0.133. The molecular weight excluding hydrogens is 357 g/mol. The molecule has 0 radical (unpaired) electrons. The van der Waals surface area contributed by atoms with Crippen LogP contribution < -0.4 is 9.46 Å². The van der Waals surface area contributed by atoms with E-state index in [1.807, 2.05) is 0 Å². The molecule has 0 atom stereocenters. The number of anilines is 1. The van der Waals surface area contributed by atoms with E-state index in [9.17, 15) is 8.42 Å². The van der Waals surface area contributed by atoms with Crippen molar-refractivity contribution in [2.45, 2.75) is 6.42 Å². The summed E-state index contributed by atoms with van der Waals surface area (Å²) in [5.41, 5.74) is 0.